The molecule has 0 fully saturated rings. The molecule has 0 N–H and O–H groups in total. The number of nitrogens with zero attached hydrogens (tertiary/aromatic N) is 1. The summed E-state index contributed by atoms with van der Waals surface area (Å²) in [5.74, 6) is 0.708. The topological polar surface area (TPSA) is 33.0 Å². The first-order valence-corrected chi connectivity index (χ1v) is 5.95. The molecule has 2 rings (SSSR count). The largest absolute Gasteiger partial charge is 0.489 e. The molecule has 0 spiro atoms. The maximum atomic E-state index is 8.78. The van der Waals surface area contributed by atoms with Crippen LogP contribution in [0.1, 0.15) is 11.1 Å². The molecule has 3 heteroatoms. The van der Waals surface area contributed by atoms with Crippen molar-refractivity contribution >= 4 is 15.9 Å². The van der Waals surface area contributed by atoms with Crippen molar-refractivity contribution in [2.75, 3.05) is 0 Å². The Labute approximate surface area is 109 Å². The summed E-state index contributed by atoms with van der Waals surface area (Å²) in [6, 6.07) is 17.1. The molecule has 0 radical (unpaired) electrons. The summed E-state index contributed by atoms with van der Waals surface area (Å²) in [6.07, 6.45) is 0. The van der Waals surface area contributed by atoms with Crippen molar-refractivity contribution in [2.24, 2.45) is 0 Å². The molecule has 0 heterocycles. The second kappa shape index (κ2) is 5.51. The highest BCUT2D eigenvalue weighted by atomic mass is 79.9. The molecule has 0 aromatic heterocycles. The van der Waals surface area contributed by atoms with E-state index in [0.29, 0.717) is 17.9 Å². The maximum Gasteiger partial charge on any atom is 0.121 e. The van der Waals surface area contributed by atoms with E-state index in [9.17, 15) is 0 Å². The van der Waals surface area contributed by atoms with Gasteiger partial charge in [0.2, 0.25) is 0 Å². The molecule has 0 saturated heterocycles. The van der Waals surface area contributed by atoms with Gasteiger partial charge in [0.25, 0.3) is 0 Å². The van der Waals surface area contributed by atoms with Crippen LogP contribution in [0.15, 0.2) is 53.0 Å². The zero-order valence-electron chi connectivity index (χ0n) is 9.06. The Bertz CT molecular complexity index is 560. The van der Waals surface area contributed by atoms with Gasteiger partial charge in [-0.3, -0.25) is 0 Å². The Morgan fingerprint density at radius 1 is 1.12 bits per heavy atom. The fourth-order valence-electron chi connectivity index (χ4n) is 1.43. The number of nitriles is 1. The number of rotatable bonds is 3. The van der Waals surface area contributed by atoms with Crippen molar-refractivity contribution in [2.45, 2.75) is 6.61 Å². The Hall–Kier alpha value is -1.79. The molecular weight excluding hydrogens is 278 g/mol. The zero-order chi connectivity index (χ0) is 12.1. The molecule has 0 aliphatic rings. The zero-order valence-corrected chi connectivity index (χ0v) is 10.6. The van der Waals surface area contributed by atoms with Crippen LogP contribution in [0.5, 0.6) is 5.75 Å². The second-order valence-electron chi connectivity index (χ2n) is 3.52. The lowest BCUT2D eigenvalue weighted by Crippen LogP contribution is -1.96. The highest BCUT2D eigenvalue weighted by Crippen LogP contribution is 2.19. The maximum absolute atomic E-state index is 8.78. The molecule has 0 aliphatic heterocycles. The van der Waals surface area contributed by atoms with Crippen LogP contribution in [0, 0.1) is 11.3 Å². The van der Waals surface area contributed by atoms with Crippen molar-refractivity contribution in [1.82, 2.24) is 0 Å². The Kier molecular flexibility index (Phi) is 3.79. The van der Waals surface area contributed by atoms with Crippen LogP contribution < -0.4 is 4.74 Å². The summed E-state index contributed by atoms with van der Waals surface area (Å²) in [4.78, 5) is 0. The highest BCUT2D eigenvalue weighted by Gasteiger charge is 2.00. The normalized spacial score (nSPS) is 9.65. The summed E-state index contributed by atoms with van der Waals surface area (Å²) < 4.78 is 6.66. The Morgan fingerprint density at radius 2 is 1.94 bits per heavy atom. The molecule has 2 aromatic rings. The van der Waals surface area contributed by atoms with Gasteiger partial charge < -0.3 is 4.74 Å². The number of ether oxygens (including phenoxy) is 1. The van der Waals surface area contributed by atoms with E-state index in [1.807, 2.05) is 36.4 Å². The van der Waals surface area contributed by atoms with Crippen LogP contribution in [0.2, 0.25) is 0 Å². The average Bonchev–Trinajstić information content (AvgIpc) is 2.38. The third kappa shape index (κ3) is 3.08. The van der Waals surface area contributed by atoms with Crippen LogP contribution >= 0.6 is 15.9 Å². The van der Waals surface area contributed by atoms with E-state index in [2.05, 4.69) is 22.0 Å². The van der Waals surface area contributed by atoms with E-state index < -0.39 is 0 Å². The SMILES string of the molecule is N#Cc1cccc(OCc2ccccc2Br)c1. The van der Waals surface area contributed by atoms with E-state index in [-0.39, 0.29) is 0 Å². The van der Waals surface area contributed by atoms with Gasteiger partial charge in [-0.15, -0.1) is 0 Å². The molecule has 2 aromatic carbocycles. The first kappa shape index (κ1) is 11.7. The van der Waals surface area contributed by atoms with Gasteiger partial charge in [-0.2, -0.15) is 5.26 Å². The predicted octanol–water partition coefficient (Wildman–Crippen LogP) is 3.90. The molecule has 0 saturated carbocycles. The van der Waals surface area contributed by atoms with Gasteiger partial charge in [0.1, 0.15) is 12.4 Å². The average molecular weight is 288 g/mol. The van der Waals surface area contributed by atoms with Gasteiger partial charge in [-0.05, 0) is 24.3 Å². The van der Waals surface area contributed by atoms with E-state index in [0.717, 1.165) is 10.0 Å². The number of halogens is 1. The monoisotopic (exact) mass is 287 g/mol. The molecule has 84 valence electrons. The minimum absolute atomic E-state index is 0.482. The quantitative estimate of drug-likeness (QED) is 0.858. The molecular formula is C14H10BrNO. The van der Waals surface area contributed by atoms with Crippen LogP contribution in [-0.4, -0.2) is 0 Å². The van der Waals surface area contributed by atoms with E-state index in [1.54, 1.807) is 12.1 Å². The standard InChI is InChI=1S/C14H10BrNO/c15-14-7-2-1-5-12(14)10-17-13-6-3-4-11(8-13)9-16/h1-8H,10H2. The fourth-order valence-corrected chi connectivity index (χ4v) is 1.83. The summed E-state index contributed by atoms with van der Waals surface area (Å²) in [7, 11) is 0. The lowest BCUT2D eigenvalue weighted by atomic mass is 10.2. The molecule has 0 amide bonds. The van der Waals surface area contributed by atoms with E-state index >= 15 is 0 Å². The molecule has 0 bridgehead atoms. The molecule has 0 aliphatic carbocycles. The van der Waals surface area contributed by atoms with Gasteiger partial charge >= 0.3 is 0 Å². The third-order valence-electron chi connectivity index (χ3n) is 2.32. The number of hydrogen-bond acceptors (Lipinski definition) is 2. The minimum atomic E-state index is 0.482. The van der Waals surface area contributed by atoms with E-state index in [4.69, 9.17) is 10.00 Å². The van der Waals surface area contributed by atoms with Crippen molar-refractivity contribution in [1.29, 1.82) is 5.26 Å². The van der Waals surface area contributed by atoms with Crippen LogP contribution in [0.25, 0.3) is 0 Å². The summed E-state index contributed by atoms with van der Waals surface area (Å²) in [5, 5.41) is 8.78. The first-order chi connectivity index (χ1) is 8.29. The molecule has 0 unspecified atom stereocenters. The Balaban J connectivity index is 2.08. The van der Waals surface area contributed by atoms with Crippen molar-refractivity contribution < 1.29 is 4.74 Å². The minimum Gasteiger partial charge on any atom is -0.489 e. The van der Waals surface area contributed by atoms with Gasteiger partial charge in [0, 0.05) is 10.0 Å². The summed E-state index contributed by atoms with van der Waals surface area (Å²) in [5.41, 5.74) is 1.68. The van der Waals surface area contributed by atoms with Crippen molar-refractivity contribution in [3.8, 4) is 11.8 Å². The highest BCUT2D eigenvalue weighted by molar-refractivity contribution is 9.10. The third-order valence-corrected chi connectivity index (χ3v) is 3.09. The molecule has 0 atom stereocenters. The van der Waals surface area contributed by atoms with Gasteiger partial charge in [-0.1, -0.05) is 40.2 Å². The van der Waals surface area contributed by atoms with Crippen molar-refractivity contribution in [3.05, 3.63) is 64.1 Å². The molecule has 2 nitrogen and oxygen atoms in total. The van der Waals surface area contributed by atoms with Crippen LogP contribution in [0.3, 0.4) is 0 Å². The van der Waals surface area contributed by atoms with Crippen molar-refractivity contribution in [3.63, 3.8) is 0 Å². The number of benzene rings is 2. The van der Waals surface area contributed by atoms with Gasteiger partial charge in [0.05, 0.1) is 11.6 Å². The van der Waals surface area contributed by atoms with Gasteiger partial charge in [0.15, 0.2) is 0 Å². The summed E-state index contributed by atoms with van der Waals surface area (Å²) >= 11 is 3.47. The smallest absolute Gasteiger partial charge is 0.121 e. The lowest BCUT2D eigenvalue weighted by Gasteiger charge is -2.07. The van der Waals surface area contributed by atoms with Gasteiger partial charge in [-0.25, -0.2) is 0 Å². The lowest BCUT2D eigenvalue weighted by molar-refractivity contribution is 0.305. The second-order valence-corrected chi connectivity index (χ2v) is 4.37. The Morgan fingerprint density at radius 3 is 2.71 bits per heavy atom. The predicted molar refractivity (Wildman–Crippen MR) is 69.6 cm³/mol. The van der Waals surface area contributed by atoms with E-state index in [1.165, 1.54) is 0 Å². The number of hydrogen-bond donors (Lipinski definition) is 0. The fraction of sp³-hybridized carbons (Fsp3) is 0.0714. The van der Waals surface area contributed by atoms with Crippen LogP contribution in [0.4, 0.5) is 0 Å². The van der Waals surface area contributed by atoms with Crippen LogP contribution in [-0.2, 0) is 6.61 Å². The summed E-state index contributed by atoms with van der Waals surface area (Å²) in [6.45, 7) is 0.482. The first-order valence-electron chi connectivity index (χ1n) is 5.16. The molecule has 17 heavy (non-hydrogen) atoms.